The molecule has 0 aliphatic carbocycles. The molecule has 3 aromatic rings. The number of para-hydroxylation sites is 1. The number of nitrogens with zero attached hydrogens (tertiary/aromatic N) is 2. The Hall–Kier alpha value is -2.44. The highest BCUT2D eigenvalue weighted by Crippen LogP contribution is 2.46. The van der Waals surface area contributed by atoms with Crippen LogP contribution in [0.4, 0.5) is 0 Å². The van der Waals surface area contributed by atoms with Gasteiger partial charge in [-0.3, -0.25) is 13.9 Å². The largest absolute Gasteiger partial charge is 0.469 e. The fourth-order valence-electron chi connectivity index (χ4n) is 5.98. The summed E-state index contributed by atoms with van der Waals surface area (Å²) in [4.78, 5) is 16.3. The van der Waals surface area contributed by atoms with Crippen LogP contribution in [0.25, 0.3) is 10.9 Å². The second-order valence-electron chi connectivity index (χ2n) is 9.31. The number of hydrogen-bond donors (Lipinski definition) is 0. The maximum Gasteiger partial charge on any atom is 0.310 e. The molecule has 5 rings (SSSR count). The third-order valence-electron chi connectivity index (χ3n) is 7.69. The highest BCUT2D eigenvalue weighted by molar-refractivity contribution is 7.85. The van der Waals surface area contributed by atoms with E-state index in [1.807, 2.05) is 30.3 Å². The van der Waals surface area contributed by atoms with E-state index in [1.165, 1.54) is 23.7 Å². The van der Waals surface area contributed by atoms with E-state index in [0.29, 0.717) is 24.1 Å². The van der Waals surface area contributed by atoms with E-state index in [0.717, 1.165) is 30.8 Å². The summed E-state index contributed by atoms with van der Waals surface area (Å²) < 4.78 is 20.6. The Morgan fingerprint density at radius 1 is 1.09 bits per heavy atom. The van der Waals surface area contributed by atoms with Gasteiger partial charge in [0.1, 0.15) is 0 Å². The molecule has 0 N–H and O–H groups in total. The first-order valence-corrected chi connectivity index (χ1v) is 13.3. The fourth-order valence-corrected chi connectivity index (χ4v) is 7.07. The van der Waals surface area contributed by atoms with E-state index in [4.69, 9.17) is 4.74 Å². The molecule has 2 aliphatic heterocycles. The van der Waals surface area contributed by atoms with E-state index in [2.05, 4.69) is 46.7 Å². The van der Waals surface area contributed by atoms with Crippen LogP contribution in [0.1, 0.15) is 31.5 Å². The predicted octanol–water partition coefficient (Wildman–Crippen LogP) is 4.64. The average Bonchev–Trinajstić information content (AvgIpc) is 3.16. The van der Waals surface area contributed by atoms with Gasteiger partial charge in [0.25, 0.3) is 0 Å². The molecule has 0 amide bonds. The number of rotatable bonds is 6. The number of methoxy groups -OCH3 is 1. The van der Waals surface area contributed by atoms with Gasteiger partial charge in [0.05, 0.1) is 29.9 Å². The summed E-state index contributed by atoms with van der Waals surface area (Å²) >= 11 is 0. The van der Waals surface area contributed by atoms with Gasteiger partial charge in [-0.1, -0.05) is 49.7 Å². The molecule has 3 heterocycles. The summed E-state index contributed by atoms with van der Waals surface area (Å²) in [6, 6.07) is 20.7. The highest BCUT2D eigenvalue weighted by Gasteiger charge is 2.45. The number of piperidine rings is 1. The number of hydrogen-bond acceptors (Lipinski definition) is 4. The number of aromatic nitrogens is 1. The van der Waals surface area contributed by atoms with Crippen LogP contribution in [0.15, 0.2) is 65.6 Å². The number of likely N-dealkylation sites (tertiary alicyclic amines) is 1. The van der Waals surface area contributed by atoms with Crippen molar-refractivity contribution < 1.29 is 13.7 Å². The Labute approximate surface area is 198 Å². The summed E-state index contributed by atoms with van der Waals surface area (Å²) in [6.45, 7) is 4.59. The van der Waals surface area contributed by atoms with Crippen molar-refractivity contribution >= 4 is 27.7 Å². The van der Waals surface area contributed by atoms with Crippen molar-refractivity contribution in [1.29, 1.82) is 0 Å². The average molecular weight is 465 g/mol. The summed E-state index contributed by atoms with van der Waals surface area (Å²) in [5.74, 6) is 1.09. The molecule has 1 aromatic heterocycles. The van der Waals surface area contributed by atoms with Crippen molar-refractivity contribution in [1.82, 2.24) is 9.47 Å². The lowest BCUT2D eigenvalue weighted by Gasteiger charge is -2.44. The standard InChI is InChI=1S/C27H32N2O3S/c1-3-19-17-28(13-14-33(31)21-10-5-4-6-11-21)25-16-22(19)23(27(30)32-2)18-29-24-12-8-7-9-20(24)15-26(25)29/h4-12,15,19,22-23,25H,3,13-14,16-18H2,1-2H3/t19-,22+,23-,25+,33?/m1/s1. The Balaban J connectivity index is 1.50. The van der Waals surface area contributed by atoms with Gasteiger partial charge in [0, 0.05) is 41.5 Å². The third-order valence-corrected chi connectivity index (χ3v) is 9.04. The van der Waals surface area contributed by atoms with Gasteiger partial charge in [-0.2, -0.15) is 0 Å². The van der Waals surface area contributed by atoms with Crippen molar-refractivity contribution in [2.45, 2.75) is 37.2 Å². The van der Waals surface area contributed by atoms with Crippen LogP contribution in [-0.2, 0) is 26.9 Å². The van der Waals surface area contributed by atoms with Gasteiger partial charge in [-0.15, -0.1) is 0 Å². The fraction of sp³-hybridized carbons (Fsp3) is 0.444. The number of carbonyl (C=O) groups excluding carboxylic acids is 1. The molecule has 2 aliphatic rings. The molecule has 5 nitrogen and oxygen atoms in total. The van der Waals surface area contributed by atoms with Gasteiger partial charge < -0.3 is 9.30 Å². The summed E-state index contributed by atoms with van der Waals surface area (Å²) in [5.41, 5.74) is 2.45. The first kappa shape index (κ1) is 22.4. The highest BCUT2D eigenvalue weighted by atomic mass is 32.2. The van der Waals surface area contributed by atoms with Crippen molar-refractivity contribution in [2.24, 2.45) is 17.8 Å². The molecule has 2 aromatic carbocycles. The van der Waals surface area contributed by atoms with Gasteiger partial charge in [-0.25, -0.2) is 0 Å². The minimum Gasteiger partial charge on any atom is -0.469 e. The number of benzene rings is 2. The SMILES string of the molecule is CC[C@@H]1CN(CCS(=O)c2ccccc2)[C@H]2C[C@@H]1[C@H](C(=O)OC)Cn1c2cc2ccccc21. The molecule has 2 bridgehead atoms. The zero-order valence-corrected chi connectivity index (χ0v) is 20.2. The molecule has 1 fully saturated rings. The lowest BCUT2D eigenvalue weighted by Crippen LogP contribution is -2.46. The summed E-state index contributed by atoms with van der Waals surface area (Å²) in [7, 11) is 0.487. The van der Waals surface area contributed by atoms with Gasteiger partial charge in [0.15, 0.2) is 0 Å². The number of esters is 1. The van der Waals surface area contributed by atoms with Crippen LogP contribution in [0.2, 0.25) is 0 Å². The van der Waals surface area contributed by atoms with Crippen molar-refractivity contribution in [3.63, 3.8) is 0 Å². The van der Waals surface area contributed by atoms with Gasteiger partial charge >= 0.3 is 5.97 Å². The molecule has 0 radical (unpaired) electrons. The minimum atomic E-state index is -1.02. The smallest absolute Gasteiger partial charge is 0.310 e. The maximum atomic E-state index is 13.0. The Kier molecular flexibility index (Phi) is 6.39. The normalized spacial score (nSPS) is 25.9. The monoisotopic (exact) mass is 464 g/mol. The van der Waals surface area contributed by atoms with E-state index in [9.17, 15) is 9.00 Å². The lowest BCUT2D eigenvalue weighted by atomic mass is 9.73. The Morgan fingerprint density at radius 2 is 1.85 bits per heavy atom. The zero-order valence-electron chi connectivity index (χ0n) is 19.4. The minimum absolute atomic E-state index is 0.0959. The van der Waals surface area contributed by atoms with Crippen LogP contribution in [0, 0.1) is 17.8 Å². The predicted molar refractivity (Wildman–Crippen MR) is 131 cm³/mol. The molecule has 0 saturated carbocycles. The number of carbonyl (C=O) groups is 1. The van der Waals surface area contributed by atoms with Gasteiger partial charge in [0.2, 0.25) is 0 Å². The Morgan fingerprint density at radius 3 is 2.61 bits per heavy atom. The second-order valence-corrected chi connectivity index (χ2v) is 10.9. The second kappa shape index (κ2) is 9.43. The van der Waals surface area contributed by atoms with Crippen LogP contribution in [0.3, 0.4) is 0 Å². The molecule has 0 spiro atoms. The molecule has 174 valence electrons. The number of ether oxygens (including phenoxy) is 1. The summed E-state index contributed by atoms with van der Waals surface area (Å²) in [6.07, 6.45) is 1.96. The molecule has 5 atom stereocenters. The van der Waals surface area contributed by atoms with Crippen molar-refractivity contribution in [3.05, 3.63) is 66.4 Å². The maximum absolute atomic E-state index is 13.0. The topological polar surface area (TPSA) is 51.5 Å². The Bertz CT molecular complexity index is 1160. The van der Waals surface area contributed by atoms with Crippen LogP contribution < -0.4 is 0 Å². The molecule has 1 saturated heterocycles. The number of fused-ring (bicyclic) bond motifs is 6. The van der Waals surface area contributed by atoms with E-state index in [-0.39, 0.29) is 17.9 Å². The van der Waals surface area contributed by atoms with Crippen molar-refractivity contribution in [2.75, 3.05) is 26.0 Å². The molecule has 33 heavy (non-hydrogen) atoms. The van der Waals surface area contributed by atoms with Crippen LogP contribution in [-0.4, -0.2) is 45.6 Å². The van der Waals surface area contributed by atoms with E-state index < -0.39 is 10.8 Å². The molecule has 6 heteroatoms. The van der Waals surface area contributed by atoms with Crippen LogP contribution >= 0.6 is 0 Å². The lowest BCUT2D eigenvalue weighted by molar-refractivity contribution is -0.150. The van der Waals surface area contributed by atoms with Crippen molar-refractivity contribution in [3.8, 4) is 0 Å². The first-order valence-electron chi connectivity index (χ1n) is 11.9. The molecular weight excluding hydrogens is 432 g/mol. The third kappa shape index (κ3) is 4.15. The molecule has 1 unspecified atom stereocenters. The van der Waals surface area contributed by atoms with E-state index >= 15 is 0 Å². The summed E-state index contributed by atoms with van der Waals surface area (Å²) in [5, 5.41) is 1.21. The van der Waals surface area contributed by atoms with E-state index in [1.54, 1.807) is 0 Å². The first-order chi connectivity index (χ1) is 16.1. The zero-order chi connectivity index (χ0) is 22.9. The molecular formula is C27H32N2O3S. The van der Waals surface area contributed by atoms with Crippen LogP contribution in [0.5, 0.6) is 0 Å². The van der Waals surface area contributed by atoms with Gasteiger partial charge in [-0.05, 0) is 47.9 Å². The quantitative estimate of drug-likeness (QED) is 0.499.